The summed E-state index contributed by atoms with van der Waals surface area (Å²) < 4.78 is 77.1. The predicted octanol–water partition coefficient (Wildman–Crippen LogP) is -3.87. The molecule has 0 saturated heterocycles. The van der Waals surface area contributed by atoms with Crippen LogP contribution in [-0.2, 0) is 97.0 Å². The summed E-state index contributed by atoms with van der Waals surface area (Å²) in [5.41, 5.74) is 12.3. The van der Waals surface area contributed by atoms with Crippen molar-refractivity contribution in [2.24, 2.45) is 17.4 Å². The van der Waals surface area contributed by atoms with Crippen LogP contribution in [0.5, 0.6) is 0 Å². The zero-order valence-electron chi connectivity index (χ0n) is 53.7. The number of primary amides is 1. The number of benzene rings is 1. The summed E-state index contributed by atoms with van der Waals surface area (Å²) >= 11 is 0. The van der Waals surface area contributed by atoms with E-state index in [-0.39, 0.29) is 83.6 Å². The molecule has 0 aliphatic rings. The smallest absolute Gasteiger partial charge is 0.312 e. The van der Waals surface area contributed by atoms with Gasteiger partial charge in [0.25, 0.3) is 12.4 Å². The minimum Gasteiger partial charge on any atom is -0.463 e. The van der Waals surface area contributed by atoms with Crippen molar-refractivity contribution in [1.29, 1.82) is 0 Å². The number of nitrogens with two attached hydrogens (primary N) is 2. The van der Waals surface area contributed by atoms with Gasteiger partial charge in [-0.1, -0.05) is 26.0 Å². The normalized spacial score (nSPS) is 13.9. The van der Waals surface area contributed by atoms with Gasteiger partial charge in [0.15, 0.2) is 7.47 Å². The highest BCUT2D eigenvalue weighted by Gasteiger charge is 2.34. The molecule has 0 aliphatic carbocycles. The summed E-state index contributed by atoms with van der Waals surface area (Å²) in [4.78, 5) is 86.1. The molecule has 7 atom stereocenters. The third-order valence-corrected chi connectivity index (χ3v) is 12.6. The van der Waals surface area contributed by atoms with Crippen molar-refractivity contribution >= 4 is 47.7 Å². The maximum Gasteiger partial charge on any atom is 0.312 e. The lowest BCUT2D eigenvalue weighted by Gasteiger charge is -2.26. The molecule has 0 heterocycles. The molecule has 0 spiro atoms. The van der Waals surface area contributed by atoms with Crippen LogP contribution in [0.2, 0.25) is 0 Å². The number of hydrogen-bond donors (Lipinski definition) is 13. The van der Waals surface area contributed by atoms with E-state index in [0.717, 1.165) is 0 Å². The van der Waals surface area contributed by atoms with E-state index in [1.54, 1.807) is 38.1 Å². The van der Waals surface area contributed by atoms with Crippen LogP contribution in [0.1, 0.15) is 59.3 Å². The molecule has 0 fully saturated rings. The van der Waals surface area contributed by atoms with E-state index in [4.69, 9.17) is 74.8 Å². The maximum atomic E-state index is 13.5. The molecular weight excluding hydrogens is 1210 g/mol. The van der Waals surface area contributed by atoms with Gasteiger partial charge in [0.2, 0.25) is 23.6 Å². The molecule has 0 radical (unpaired) electrons. The van der Waals surface area contributed by atoms with Crippen LogP contribution in [0, 0.1) is 5.92 Å². The van der Waals surface area contributed by atoms with E-state index in [9.17, 15) is 54.0 Å². The van der Waals surface area contributed by atoms with Crippen molar-refractivity contribution in [2.45, 2.75) is 102 Å². The minimum atomic E-state index is -2.00. The molecular formula is C58H104N8O25. The Hall–Kier alpha value is -5.41. The Labute approximate surface area is 533 Å². The number of unbranched alkanes of at least 4 members (excludes halogenated alkanes) is 1. The summed E-state index contributed by atoms with van der Waals surface area (Å²) in [5, 5.41) is 62.9. The van der Waals surface area contributed by atoms with Crippen LogP contribution >= 0.6 is 0 Å². The lowest BCUT2D eigenvalue weighted by molar-refractivity contribution is -0.149. The van der Waals surface area contributed by atoms with Crippen molar-refractivity contribution in [3.8, 4) is 0 Å². The highest BCUT2D eigenvalue weighted by Crippen LogP contribution is 2.13. The van der Waals surface area contributed by atoms with Gasteiger partial charge in [0, 0.05) is 31.7 Å². The first-order valence-electron chi connectivity index (χ1n) is 31.1. The Morgan fingerprint density at radius 2 is 0.956 bits per heavy atom. The van der Waals surface area contributed by atoms with E-state index in [1.807, 2.05) is 0 Å². The molecule has 1 rings (SSSR count). The van der Waals surface area contributed by atoms with E-state index in [1.165, 1.54) is 0 Å². The lowest BCUT2D eigenvalue weighted by Crippen LogP contribution is -2.56. The second-order valence-electron chi connectivity index (χ2n) is 20.3. The zero-order chi connectivity index (χ0) is 67.8. The molecule has 91 heavy (non-hydrogen) atoms. The fourth-order valence-electron chi connectivity index (χ4n) is 7.52. The van der Waals surface area contributed by atoms with Gasteiger partial charge in [-0.3, -0.25) is 28.8 Å². The molecule has 0 bridgehead atoms. The van der Waals surface area contributed by atoms with Crippen molar-refractivity contribution in [3.05, 3.63) is 29.8 Å². The third-order valence-electron chi connectivity index (χ3n) is 12.6. The molecule has 0 aromatic heterocycles. The molecule has 0 aliphatic heterocycles. The Bertz CT molecular complexity index is 2080. The molecule has 15 N–H and O–H groups in total. The Morgan fingerprint density at radius 3 is 1.38 bits per heavy atom. The van der Waals surface area contributed by atoms with Gasteiger partial charge < -0.3 is 130 Å². The summed E-state index contributed by atoms with van der Waals surface area (Å²) in [5.74, 6) is -3.27. The number of urea groups is 1. The van der Waals surface area contributed by atoms with Crippen LogP contribution < -0.4 is 43.4 Å². The number of anilines is 1. The summed E-state index contributed by atoms with van der Waals surface area (Å²) in [6, 6.07) is 2.55. The topological polar surface area (TPSA) is 465 Å². The standard InChI is InChI=1S/C58H104N8O25/c1-43(2)50(56(76)65-47(7-5-14-63-58(60)78)55(75)64-45-10-8-44(9-11-45)41-91-42-68)66-54(74)46(59)6-3-4-13-61-49(70)12-16-79-18-20-81-22-24-83-26-28-85-30-32-87-34-36-89-38-39-90-37-35-88-33-31-86-29-27-84-25-23-82-21-19-80-17-15-62-57(77)53(73)52(72)51(71)48(69)40-67/h8-11,42-43,46-48,50-53,67,69,71-73H,3-7,12-41,59H2,1-2H3,(H,61,70)(H,62,77)(H,64,75)(H,65,76)(H,66,74)(H3,60,63,78)/t46-,47-,48+,50-,51+,52-,53+/m0/s1/i42D. The van der Waals surface area contributed by atoms with Crippen molar-refractivity contribution in [3.63, 3.8) is 0 Å². The first-order valence-corrected chi connectivity index (χ1v) is 30.6. The molecule has 7 amide bonds. The molecule has 0 saturated carbocycles. The number of hydrogen-bond acceptors (Lipinski definition) is 26. The number of aliphatic hydroxyl groups excluding tert-OH is 5. The van der Waals surface area contributed by atoms with Crippen molar-refractivity contribution in [2.75, 3.05) is 190 Å². The molecule has 33 heteroatoms. The number of aliphatic hydroxyl groups is 5. The number of rotatable bonds is 62. The number of carbonyl (C=O) groups excluding carboxylic acids is 7. The average molecular weight is 1310 g/mol. The molecule has 526 valence electrons. The van der Waals surface area contributed by atoms with Crippen LogP contribution in [0.3, 0.4) is 0 Å². The second kappa shape index (κ2) is 57.3. The summed E-state index contributed by atoms with van der Waals surface area (Å²) in [7, 11) is 0. The molecule has 1 aromatic rings. The van der Waals surface area contributed by atoms with Crippen LogP contribution in [-0.4, -0.2) is 295 Å². The number of nitrogens with one attached hydrogen (secondary N) is 6. The second-order valence-corrected chi connectivity index (χ2v) is 20.3. The van der Waals surface area contributed by atoms with Gasteiger partial charge in [-0.2, -0.15) is 0 Å². The largest absolute Gasteiger partial charge is 0.463 e. The van der Waals surface area contributed by atoms with Crippen molar-refractivity contribution < 1.29 is 122 Å². The van der Waals surface area contributed by atoms with Gasteiger partial charge in [-0.05, 0) is 55.7 Å². The number of carbonyl (C=O) groups is 7. The summed E-state index contributed by atoms with van der Waals surface area (Å²) in [6.07, 6.45) is -6.83. The Morgan fingerprint density at radius 1 is 0.516 bits per heavy atom. The summed E-state index contributed by atoms with van der Waals surface area (Å²) in [6.45, 7) is 11.8. The fourth-order valence-corrected chi connectivity index (χ4v) is 7.52. The van der Waals surface area contributed by atoms with E-state index >= 15 is 0 Å². The molecule has 0 unspecified atom stereocenters. The third kappa shape index (κ3) is 46.3. The lowest BCUT2D eigenvalue weighted by atomic mass is 10.0. The average Bonchev–Trinajstić information content (AvgIpc) is 2.12. The quantitative estimate of drug-likeness (QED) is 0.0219. The first-order chi connectivity index (χ1) is 44.4. The van der Waals surface area contributed by atoms with Crippen LogP contribution in [0.4, 0.5) is 10.5 Å². The van der Waals surface area contributed by atoms with Gasteiger partial charge in [-0.15, -0.1) is 0 Å². The van der Waals surface area contributed by atoms with Crippen LogP contribution in [0.25, 0.3) is 0 Å². The van der Waals surface area contributed by atoms with Gasteiger partial charge in [0.05, 0.1) is 171 Å². The SMILES string of the molecule is [2H]C(=O)OCc1ccc(NC(=O)[C@H](CCCNC(N)=O)NC(=O)[C@@H](NC(=O)[C@@H](N)CCCCNC(=O)CCOCCOCCOCCOCCOCCOCCOCCOCCOCCOCCOCCOCCNC(=O)[C@H](O)[C@@H](O)[C@H](O)[C@H](O)CO)C(C)C)cc1. The van der Waals surface area contributed by atoms with E-state index in [0.29, 0.717) is 163 Å². The molecule has 1 aromatic carbocycles. The number of ether oxygens (including phenoxy) is 13. The number of amides is 7. The molecule has 33 nitrogen and oxygen atoms in total. The Balaban J connectivity index is 1.94. The Kier molecular flexibility index (Phi) is 51.4. The maximum absolute atomic E-state index is 13.5. The first kappa shape index (κ1) is 81.7. The van der Waals surface area contributed by atoms with E-state index < -0.39 is 85.3 Å². The highest BCUT2D eigenvalue weighted by atomic mass is 16.6. The van der Waals surface area contributed by atoms with Gasteiger partial charge >= 0.3 is 6.03 Å². The fraction of sp³-hybridized carbons (Fsp3) is 0.776. The van der Waals surface area contributed by atoms with Crippen molar-refractivity contribution in [1.82, 2.24) is 26.6 Å². The van der Waals surface area contributed by atoms with Gasteiger partial charge in [-0.25, -0.2) is 4.79 Å². The van der Waals surface area contributed by atoms with Gasteiger partial charge in [0.1, 0.15) is 37.0 Å². The monoisotopic (exact) mass is 1310 g/mol. The zero-order valence-corrected chi connectivity index (χ0v) is 52.7. The van der Waals surface area contributed by atoms with E-state index in [2.05, 4.69) is 36.6 Å². The highest BCUT2D eigenvalue weighted by molar-refractivity contribution is 5.98. The minimum absolute atomic E-state index is 0.0222. The van der Waals surface area contributed by atoms with Crippen LogP contribution in [0.15, 0.2) is 24.3 Å². The predicted molar refractivity (Wildman–Crippen MR) is 325 cm³/mol.